The molecule has 1 atom stereocenters. The summed E-state index contributed by atoms with van der Waals surface area (Å²) in [6.45, 7) is 9.01. The molecule has 20 heavy (non-hydrogen) atoms. The van der Waals surface area contributed by atoms with Gasteiger partial charge in [0.15, 0.2) is 0 Å². The van der Waals surface area contributed by atoms with Gasteiger partial charge in [0, 0.05) is 10.0 Å². The second-order valence-electron chi connectivity index (χ2n) is 6.81. The van der Waals surface area contributed by atoms with Crippen molar-refractivity contribution in [3.63, 3.8) is 0 Å². The Morgan fingerprint density at radius 2 is 2.10 bits per heavy atom. The summed E-state index contributed by atoms with van der Waals surface area (Å²) >= 11 is 3.66. The van der Waals surface area contributed by atoms with E-state index in [0.717, 1.165) is 29.1 Å². The van der Waals surface area contributed by atoms with Gasteiger partial charge >= 0.3 is 0 Å². The zero-order valence-corrected chi connectivity index (χ0v) is 14.6. The van der Waals surface area contributed by atoms with Gasteiger partial charge in [-0.2, -0.15) is 0 Å². The van der Waals surface area contributed by atoms with E-state index in [1.807, 2.05) is 0 Å². The number of piperidine rings is 1. The molecule has 2 nitrogen and oxygen atoms in total. The fourth-order valence-electron chi connectivity index (χ4n) is 3.01. The molecule has 1 N–H and O–H groups in total. The van der Waals surface area contributed by atoms with Crippen LogP contribution in [0.25, 0.3) is 0 Å². The minimum absolute atomic E-state index is 0.0920. The highest BCUT2D eigenvalue weighted by Gasteiger charge is 2.24. The Morgan fingerprint density at radius 1 is 1.35 bits per heavy atom. The van der Waals surface area contributed by atoms with E-state index in [1.54, 1.807) is 7.11 Å². The maximum atomic E-state index is 5.76. The van der Waals surface area contributed by atoms with Crippen LogP contribution in [0.1, 0.15) is 44.7 Å². The summed E-state index contributed by atoms with van der Waals surface area (Å²) in [6, 6.07) is 4.42. The molecule has 0 saturated carbocycles. The molecule has 0 aromatic heterocycles. The Balaban J connectivity index is 2.33. The summed E-state index contributed by atoms with van der Waals surface area (Å²) < 4.78 is 6.91. The van der Waals surface area contributed by atoms with Gasteiger partial charge in [0.2, 0.25) is 0 Å². The largest absolute Gasteiger partial charge is 0.496 e. The van der Waals surface area contributed by atoms with E-state index in [2.05, 4.69) is 54.2 Å². The number of nitrogens with one attached hydrogen (secondary N) is 1. The first kappa shape index (κ1) is 15.8. The highest BCUT2D eigenvalue weighted by molar-refractivity contribution is 9.10. The van der Waals surface area contributed by atoms with E-state index in [1.165, 1.54) is 30.5 Å². The number of hydrogen-bond acceptors (Lipinski definition) is 2. The Labute approximate surface area is 131 Å². The molecule has 1 aliphatic heterocycles. The molecule has 0 amide bonds. The van der Waals surface area contributed by atoms with Gasteiger partial charge in [-0.15, -0.1) is 0 Å². The van der Waals surface area contributed by atoms with Crippen LogP contribution >= 0.6 is 15.9 Å². The SMILES string of the molecule is COc1c(CC2CCCNC2)cc(Br)cc1C(C)(C)C. The molecule has 0 radical (unpaired) electrons. The maximum absolute atomic E-state index is 5.76. The maximum Gasteiger partial charge on any atom is 0.125 e. The molecule has 0 bridgehead atoms. The van der Waals surface area contributed by atoms with E-state index >= 15 is 0 Å². The summed E-state index contributed by atoms with van der Waals surface area (Å²) in [6.07, 6.45) is 3.69. The van der Waals surface area contributed by atoms with Crippen molar-refractivity contribution in [2.75, 3.05) is 20.2 Å². The summed E-state index contributed by atoms with van der Waals surface area (Å²) in [7, 11) is 1.79. The van der Waals surface area contributed by atoms with Crippen molar-refractivity contribution in [2.45, 2.75) is 45.4 Å². The molecule has 1 aromatic rings. The second kappa shape index (κ2) is 6.48. The number of rotatable bonds is 3. The van der Waals surface area contributed by atoms with Gasteiger partial charge in [0.05, 0.1) is 7.11 Å². The van der Waals surface area contributed by atoms with Crippen molar-refractivity contribution in [1.29, 1.82) is 0 Å². The minimum atomic E-state index is 0.0920. The second-order valence-corrected chi connectivity index (χ2v) is 7.73. The highest BCUT2D eigenvalue weighted by atomic mass is 79.9. The van der Waals surface area contributed by atoms with E-state index in [-0.39, 0.29) is 5.41 Å². The molecule has 1 unspecified atom stereocenters. The van der Waals surface area contributed by atoms with Gasteiger partial charge in [-0.05, 0) is 61.4 Å². The van der Waals surface area contributed by atoms with Gasteiger partial charge in [-0.3, -0.25) is 0 Å². The van der Waals surface area contributed by atoms with E-state index in [4.69, 9.17) is 4.74 Å². The predicted octanol–water partition coefficient (Wildman–Crippen LogP) is 4.30. The Morgan fingerprint density at radius 3 is 2.65 bits per heavy atom. The average molecular weight is 340 g/mol. The fraction of sp³-hybridized carbons (Fsp3) is 0.647. The first-order valence-electron chi connectivity index (χ1n) is 7.49. The molecular formula is C17H26BrNO. The quantitative estimate of drug-likeness (QED) is 0.886. The van der Waals surface area contributed by atoms with Crippen molar-refractivity contribution in [3.05, 3.63) is 27.7 Å². The van der Waals surface area contributed by atoms with Gasteiger partial charge in [-0.1, -0.05) is 36.7 Å². The minimum Gasteiger partial charge on any atom is -0.496 e. The van der Waals surface area contributed by atoms with E-state index in [0.29, 0.717) is 0 Å². The van der Waals surface area contributed by atoms with Crippen LogP contribution in [0.4, 0.5) is 0 Å². The van der Waals surface area contributed by atoms with Gasteiger partial charge in [-0.25, -0.2) is 0 Å². The van der Waals surface area contributed by atoms with Crippen LogP contribution in [0, 0.1) is 5.92 Å². The molecule has 2 rings (SSSR count). The molecule has 1 aromatic carbocycles. The smallest absolute Gasteiger partial charge is 0.125 e. The lowest BCUT2D eigenvalue weighted by Crippen LogP contribution is -2.31. The van der Waals surface area contributed by atoms with Crippen LogP contribution in [-0.4, -0.2) is 20.2 Å². The molecule has 1 saturated heterocycles. The van der Waals surface area contributed by atoms with Crippen molar-refractivity contribution in [3.8, 4) is 5.75 Å². The standard InChI is InChI=1S/C17H26BrNO/c1-17(2,3)15-10-14(18)9-13(16(15)20-4)8-12-6-5-7-19-11-12/h9-10,12,19H,5-8,11H2,1-4H3. The number of methoxy groups -OCH3 is 1. The molecule has 1 heterocycles. The lowest BCUT2D eigenvalue weighted by molar-refractivity contribution is 0.359. The fourth-order valence-corrected chi connectivity index (χ4v) is 3.51. The van der Waals surface area contributed by atoms with Crippen molar-refractivity contribution in [2.24, 2.45) is 5.92 Å². The monoisotopic (exact) mass is 339 g/mol. The van der Waals surface area contributed by atoms with Gasteiger partial charge in [0.1, 0.15) is 5.75 Å². The predicted molar refractivity (Wildman–Crippen MR) is 88.7 cm³/mol. The Kier molecular flexibility index (Phi) is 5.14. The molecule has 1 fully saturated rings. The van der Waals surface area contributed by atoms with Crippen LogP contribution in [-0.2, 0) is 11.8 Å². The summed E-state index contributed by atoms with van der Waals surface area (Å²) in [5, 5.41) is 3.50. The van der Waals surface area contributed by atoms with Crippen LogP contribution in [0.3, 0.4) is 0 Å². The third-order valence-electron chi connectivity index (χ3n) is 4.05. The third-order valence-corrected chi connectivity index (χ3v) is 4.51. The van der Waals surface area contributed by atoms with E-state index < -0.39 is 0 Å². The molecule has 0 spiro atoms. The number of benzene rings is 1. The molecule has 1 aliphatic rings. The molecule has 0 aliphatic carbocycles. The molecular weight excluding hydrogens is 314 g/mol. The zero-order chi connectivity index (χ0) is 14.8. The first-order chi connectivity index (χ1) is 9.41. The summed E-state index contributed by atoms with van der Waals surface area (Å²) in [5.41, 5.74) is 2.71. The van der Waals surface area contributed by atoms with Crippen molar-refractivity contribution in [1.82, 2.24) is 5.32 Å². The number of halogens is 1. The van der Waals surface area contributed by atoms with Gasteiger partial charge in [0.25, 0.3) is 0 Å². The highest BCUT2D eigenvalue weighted by Crippen LogP contribution is 2.38. The topological polar surface area (TPSA) is 21.3 Å². The average Bonchev–Trinajstić information content (AvgIpc) is 2.38. The number of ether oxygens (including phenoxy) is 1. The van der Waals surface area contributed by atoms with Crippen LogP contribution < -0.4 is 10.1 Å². The van der Waals surface area contributed by atoms with Gasteiger partial charge < -0.3 is 10.1 Å². The van der Waals surface area contributed by atoms with E-state index in [9.17, 15) is 0 Å². The lowest BCUT2D eigenvalue weighted by Gasteiger charge is -2.27. The summed E-state index contributed by atoms with van der Waals surface area (Å²) in [5.74, 6) is 1.80. The molecule has 112 valence electrons. The summed E-state index contributed by atoms with van der Waals surface area (Å²) in [4.78, 5) is 0. The van der Waals surface area contributed by atoms with Crippen molar-refractivity contribution < 1.29 is 4.74 Å². The Hall–Kier alpha value is -0.540. The zero-order valence-electron chi connectivity index (χ0n) is 13.1. The number of hydrogen-bond donors (Lipinski definition) is 1. The van der Waals surface area contributed by atoms with Crippen LogP contribution in [0.15, 0.2) is 16.6 Å². The normalized spacial score (nSPS) is 19.9. The van der Waals surface area contributed by atoms with Crippen LogP contribution in [0.2, 0.25) is 0 Å². The first-order valence-corrected chi connectivity index (χ1v) is 8.28. The third kappa shape index (κ3) is 3.76. The lowest BCUT2D eigenvalue weighted by atomic mass is 9.83. The molecule has 3 heteroatoms. The Bertz CT molecular complexity index is 459. The van der Waals surface area contributed by atoms with Crippen LogP contribution in [0.5, 0.6) is 5.75 Å². The van der Waals surface area contributed by atoms with Crippen molar-refractivity contribution >= 4 is 15.9 Å².